The number of carboxylic acid groups (broad SMARTS) is 1. The molecule has 0 unspecified atom stereocenters. The van der Waals surface area contributed by atoms with Crippen molar-refractivity contribution in [1.82, 2.24) is 24.5 Å². The van der Waals surface area contributed by atoms with E-state index in [2.05, 4.69) is 39.1 Å². The summed E-state index contributed by atoms with van der Waals surface area (Å²) >= 11 is 0. The number of nitrogens with zero attached hydrogens (tertiary/aromatic N) is 6. The molecule has 0 spiro atoms. The third-order valence-electron chi connectivity index (χ3n) is 7.39. The first-order chi connectivity index (χ1) is 20.1. The van der Waals surface area contributed by atoms with Crippen molar-refractivity contribution in [2.24, 2.45) is 0 Å². The molecule has 1 N–H and O–H groups in total. The molecule has 214 valence electrons. The van der Waals surface area contributed by atoms with E-state index in [1.165, 1.54) is 0 Å². The van der Waals surface area contributed by atoms with E-state index >= 15 is 0 Å². The number of amides is 1. The van der Waals surface area contributed by atoms with Gasteiger partial charge in [0, 0.05) is 54.6 Å². The first-order valence-electron chi connectivity index (χ1n) is 13.9. The van der Waals surface area contributed by atoms with Crippen molar-refractivity contribution in [2.45, 2.75) is 33.3 Å². The lowest BCUT2D eigenvalue weighted by Gasteiger charge is -2.36. The highest BCUT2D eigenvalue weighted by molar-refractivity contribution is 6.02. The molecule has 10 nitrogen and oxygen atoms in total. The number of benzene rings is 2. The molecular formula is C32H32N6O4. The van der Waals surface area contributed by atoms with E-state index in [9.17, 15) is 14.7 Å². The van der Waals surface area contributed by atoms with Gasteiger partial charge in [0.1, 0.15) is 5.60 Å². The molecule has 0 saturated carbocycles. The number of carboxylic acids is 1. The molecule has 0 radical (unpaired) electrons. The molecule has 1 aliphatic heterocycles. The molecule has 2 aromatic carbocycles. The lowest BCUT2D eigenvalue weighted by Crippen LogP contribution is -2.50. The number of anilines is 1. The van der Waals surface area contributed by atoms with Crippen LogP contribution in [0.5, 0.6) is 0 Å². The maximum Gasteiger partial charge on any atom is 0.410 e. The van der Waals surface area contributed by atoms with Crippen molar-refractivity contribution in [2.75, 3.05) is 31.1 Å². The molecule has 1 amide bonds. The zero-order chi connectivity index (χ0) is 29.6. The van der Waals surface area contributed by atoms with Crippen LogP contribution in [0.4, 0.5) is 10.5 Å². The van der Waals surface area contributed by atoms with Crippen molar-refractivity contribution in [3.8, 4) is 22.4 Å². The van der Waals surface area contributed by atoms with Gasteiger partial charge in [0.25, 0.3) is 0 Å². The summed E-state index contributed by atoms with van der Waals surface area (Å²) in [6, 6.07) is 17.4. The highest BCUT2D eigenvalue weighted by atomic mass is 16.6. The number of hydrogen-bond donors (Lipinski definition) is 1. The summed E-state index contributed by atoms with van der Waals surface area (Å²) in [6.45, 7) is 10.3. The molecular weight excluding hydrogens is 532 g/mol. The Morgan fingerprint density at radius 2 is 1.64 bits per heavy atom. The summed E-state index contributed by atoms with van der Waals surface area (Å²) in [6.07, 6.45) is 3.16. The van der Waals surface area contributed by atoms with Gasteiger partial charge in [0.2, 0.25) is 0 Å². The summed E-state index contributed by atoms with van der Waals surface area (Å²) in [5.74, 6) is -1.01. The Kier molecular flexibility index (Phi) is 6.76. The van der Waals surface area contributed by atoms with E-state index in [-0.39, 0.29) is 11.7 Å². The van der Waals surface area contributed by atoms with E-state index in [1.54, 1.807) is 33.9 Å². The number of piperazine rings is 1. The summed E-state index contributed by atoms with van der Waals surface area (Å²) in [5.41, 5.74) is 6.37. The van der Waals surface area contributed by atoms with Gasteiger partial charge in [-0.25, -0.2) is 19.1 Å². The molecule has 6 rings (SSSR count). The van der Waals surface area contributed by atoms with E-state index in [0.717, 1.165) is 52.2 Å². The maximum absolute atomic E-state index is 12.4. The Morgan fingerprint density at radius 3 is 2.33 bits per heavy atom. The number of carbonyl (C=O) groups excluding carboxylic acids is 1. The van der Waals surface area contributed by atoms with Crippen LogP contribution in [0.1, 0.15) is 36.8 Å². The third kappa shape index (κ3) is 5.23. The third-order valence-corrected chi connectivity index (χ3v) is 7.39. The average Bonchev–Trinajstić information content (AvgIpc) is 3.38. The second kappa shape index (κ2) is 10.4. The molecule has 1 fully saturated rings. The molecule has 1 saturated heterocycles. The lowest BCUT2D eigenvalue weighted by atomic mass is 10.0. The van der Waals surface area contributed by atoms with Crippen molar-refractivity contribution in [3.05, 3.63) is 78.2 Å². The van der Waals surface area contributed by atoms with Gasteiger partial charge in [-0.1, -0.05) is 24.3 Å². The molecule has 4 heterocycles. The fourth-order valence-corrected chi connectivity index (χ4v) is 5.29. The smallest absolute Gasteiger partial charge is 0.410 e. The number of aromatic nitrogens is 4. The molecule has 0 bridgehead atoms. The highest BCUT2D eigenvalue weighted by Crippen LogP contribution is 2.30. The van der Waals surface area contributed by atoms with Crippen LogP contribution in [0.2, 0.25) is 0 Å². The summed E-state index contributed by atoms with van der Waals surface area (Å²) < 4.78 is 7.31. The van der Waals surface area contributed by atoms with Crippen LogP contribution >= 0.6 is 0 Å². The largest absolute Gasteiger partial charge is 0.478 e. The number of rotatable bonds is 4. The van der Waals surface area contributed by atoms with E-state index < -0.39 is 11.6 Å². The highest BCUT2D eigenvalue weighted by Gasteiger charge is 2.26. The Hall–Kier alpha value is -4.99. The Labute approximate surface area is 243 Å². The topological polar surface area (TPSA) is 113 Å². The van der Waals surface area contributed by atoms with E-state index in [1.807, 2.05) is 45.9 Å². The Balaban J connectivity index is 1.21. The van der Waals surface area contributed by atoms with Gasteiger partial charge in [0.15, 0.2) is 5.65 Å². The summed E-state index contributed by atoms with van der Waals surface area (Å²) in [7, 11) is 0. The van der Waals surface area contributed by atoms with Gasteiger partial charge in [-0.3, -0.25) is 4.98 Å². The quantitative estimate of drug-likeness (QED) is 0.297. The number of pyridine rings is 1. The SMILES string of the molecule is Cc1nn2c(-c3cnc4c(C(=O)O)cccc4c3)cnc2cc1-c1ccc(N2CCN(C(=O)OC(C)(C)C)CC2)cc1. The van der Waals surface area contributed by atoms with E-state index in [4.69, 9.17) is 9.84 Å². The molecule has 5 aromatic rings. The van der Waals surface area contributed by atoms with Crippen LogP contribution < -0.4 is 4.90 Å². The van der Waals surface area contributed by atoms with Gasteiger partial charge in [-0.15, -0.1) is 0 Å². The zero-order valence-electron chi connectivity index (χ0n) is 24.0. The predicted molar refractivity (Wildman–Crippen MR) is 161 cm³/mol. The number of ether oxygens (including phenoxy) is 1. The maximum atomic E-state index is 12.4. The second-order valence-electron chi connectivity index (χ2n) is 11.5. The molecule has 1 aliphatic rings. The van der Waals surface area contributed by atoms with Gasteiger partial charge < -0.3 is 19.6 Å². The van der Waals surface area contributed by atoms with Crippen LogP contribution in [-0.2, 0) is 4.74 Å². The number of imidazole rings is 1. The molecule has 0 aliphatic carbocycles. The zero-order valence-corrected chi connectivity index (χ0v) is 24.0. The molecule has 42 heavy (non-hydrogen) atoms. The van der Waals surface area contributed by atoms with Crippen molar-refractivity contribution >= 4 is 34.3 Å². The van der Waals surface area contributed by atoms with Gasteiger partial charge in [-0.05, 0) is 63.6 Å². The van der Waals surface area contributed by atoms with Crippen molar-refractivity contribution < 1.29 is 19.4 Å². The van der Waals surface area contributed by atoms with Gasteiger partial charge in [0.05, 0.1) is 28.7 Å². The fraction of sp³-hybridized carbons (Fsp3) is 0.281. The fourth-order valence-electron chi connectivity index (χ4n) is 5.29. The van der Waals surface area contributed by atoms with Crippen LogP contribution in [-0.4, -0.2) is 73.4 Å². The number of aromatic carboxylic acids is 1. The van der Waals surface area contributed by atoms with Crippen LogP contribution in [0.3, 0.4) is 0 Å². The monoisotopic (exact) mass is 564 g/mol. The lowest BCUT2D eigenvalue weighted by molar-refractivity contribution is 0.0240. The second-order valence-corrected chi connectivity index (χ2v) is 11.5. The standard InChI is InChI=1S/C32H32N6O4/c1-20-26(21-8-10-24(11-9-21)36-12-14-37(15-13-36)31(41)42-32(2,3)4)17-28-33-19-27(38(28)35-20)23-16-22-6-5-7-25(30(39)40)29(22)34-18-23/h5-11,16-19H,12-15H2,1-4H3,(H,39,40). The number of hydrogen-bond acceptors (Lipinski definition) is 7. The number of para-hydroxylation sites is 1. The van der Waals surface area contributed by atoms with Crippen LogP contribution in [0.15, 0.2) is 67.0 Å². The van der Waals surface area contributed by atoms with Crippen molar-refractivity contribution in [1.29, 1.82) is 0 Å². The molecule has 3 aromatic heterocycles. The van der Waals surface area contributed by atoms with Crippen LogP contribution in [0, 0.1) is 6.92 Å². The minimum atomic E-state index is -1.01. The first-order valence-corrected chi connectivity index (χ1v) is 13.9. The predicted octanol–water partition coefficient (Wildman–Crippen LogP) is 5.68. The summed E-state index contributed by atoms with van der Waals surface area (Å²) in [5, 5.41) is 15.1. The minimum Gasteiger partial charge on any atom is -0.478 e. The first kappa shape index (κ1) is 27.2. The Morgan fingerprint density at radius 1 is 0.905 bits per heavy atom. The number of aryl methyl sites for hydroxylation is 1. The molecule has 0 atom stereocenters. The minimum absolute atomic E-state index is 0.171. The number of carbonyl (C=O) groups is 2. The van der Waals surface area contributed by atoms with Gasteiger partial charge in [-0.2, -0.15) is 5.10 Å². The van der Waals surface area contributed by atoms with Gasteiger partial charge >= 0.3 is 12.1 Å². The van der Waals surface area contributed by atoms with Crippen LogP contribution in [0.25, 0.3) is 38.9 Å². The average molecular weight is 565 g/mol. The Bertz CT molecular complexity index is 1820. The normalized spacial score (nSPS) is 14.0. The van der Waals surface area contributed by atoms with E-state index in [0.29, 0.717) is 24.3 Å². The van der Waals surface area contributed by atoms with Crippen molar-refractivity contribution in [3.63, 3.8) is 0 Å². The molecule has 10 heteroatoms. The summed E-state index contributed by atoms with van der Waals surface area (Å²) in [4.78, 5) is 37.1. The number of fused-ring (bicyclic) bond motifs is 2.